The van der Waals surface area contributed by atoms with Gasteiger partial charge in [0.25, 0.3) is 11.8 Å². The highest BCUT2D eigenvalue weighted by atomic mass is 19.4. The Morgan fingerprint density at radius 1 is 1.23 bits per heavy atom. The number of nitrogens with zero attached hydrogens (tertiary/aromatic N) is 3. The first kappa shape index (κ1) is 20.4. The number of alkyl halides is 3. The van der Waals surface area contributed by atoms with E-state index in [1.54, 1.807) is 10.2 Å². The van der Waals surface area contributed by atoms with Crippen LogP contribution in [0.25, 0.3) is 0 Å². The Bertz CT molecular complexity index is 928. The lowest BCUT2D eigenvalue weighted by Gasteiger charge is -2.31. The molecule has 3 heterocycles. The molecule has 162 valence electrons. The number of carbonyl (C=O) groups excluding carboxylic acids is 2. The third-order valence-electron chi connectivity index (χ3n) is 5.65. The fraction of sp³-hybridized carbons (Fsp3) is 0.579. The summed E-state index contributed by atoms with van der Waals surface area (Å²) in [5, 5.41) is 12.4. The molecule has 0 unspecified atom stereocenters. The van der Waals surface area contributed by atoms with Crippen LogP contribution in [0.1, 0.15) is 69.6 Å². The highest BCUT2D eigenvalue weighted by Gasteiger charge is 2.32. The van der Waals surface area contributed by atoms with E-state index in [2.05, 4.69) is 15.4 Å². The van der Waals surface area contributed by atoms with Crippen LogP contribution in [-0.2, 0) is 12.8 Å². The molecule has 4 rings (SSSR count). The molecule has 0 bridgehead atoms. The zero-order valence-corrected chi connectivity index (χ0v) is 16.2. The van der Waals surface area contributed by atoms with Crippen LogP contribution in [0.4, 0.5) is 13.2 Å². The van der Waals surface area contributed by atoms with Crippen molar-refractivity contribution in [3.63, 3.8) is 0 Å². The largest absolute Gasteiger partial charge is 0.405 e. The highest BCUT2D eigenvalue weighted by Crippen LogP contribution is 2.30. The average Bonchev–Trinajstić information content (AvgIpc) is 3.39. The van der Waals surface area contributed by atoms with Crippen molar-refractivity contribution < 1.29 is 27.3 Å². The third kappa shape index (κ3) is 4.34. The number of H-pyrrole nitrogens is 1. The molecule has 30 heavy (non-hydrogen) atoms. The summed E-state index contributed by atoms with van der Waals surface area (Å²) in [5.41, 5.74) is 1.94. The highest BCUT2D eigenvalue weighted by molar-refractivity contribution is 5.94. The van der Waals surface area contributed by atoms with E-state index >= 15 is 0 Å². The Labute approximate surface area is 170 Å². The maximum Gasteiger partial charge on any atom is 0.405 e. The number of rotatable bonds is 4. The van der Waals surface area contributed by atoms with Gasteiger partial charge in [-0.3, -0.25) is 14.7 Å². The fourth-order valence-corrected chi connectivity index (χ4v) is 4.03. The average molecular weight is 425 g/mol. The second kappa shape index (κ2) is 8.11. The summed E-state index contributed by atoms with van der Waals surface area (Å²) in [6, 6.07) is 1.47. The van der Waals surface area contributed by atoms with Gasteiger partial charge in [0.1, 0.15) is 18.0 Å². The number of halogens is 3. The zero-order chi connectivity index (χ0) is 21.3. The van der Waals surface area contributed by atoms with Crippen molar-refractivity contribution in [3.8, 4) is 0 Å². The number of carbonyl (C=O) groups is 2. The lowest BCUT2D eigenvalue weighted by molar-refractivity contribution is -0.123. The van der Waals surface area contributed by atoms with Crippen LogP contribution >= 0.6 is 0 Å². The molecule has 0 radical (unpaired) electrons. The molecule has 0 aromatic carbocycles. The minimum Gasteiger partial charge on any atom is -0.360 e. The van der Waals surface area contributed by atoms with Gasteiger partial charge in [-0.15, -0.1) is 0 Å². The summed E-state index contributed by atoms with van der Waals surface area (Å²) in [5.74, 6) is -0.152. The Balaban J connectivity index is 1.34. The fourth-order valence-electron chi connectivity index (χ4n) is 4.03. The number of aromatic amines is 1. The van der Waals surface area contributed by atoms with E-state index in [0.717, 1.165) is 37.0 Å². The van der Waals surface area contributed by atoms with Gasteiger partial charge in [-0.1, -0.05) is 5.16 Å². The van der Waals surface area contributed by atoms with Gasteiger partial charge in [-0.2, -0.15) is 18.3 Å². The van der Waals surface area contributed by atoms with Gasteiger partial charge in [0, 0.05) is 36.7 Å². The molecule has 1 fully saturated rings. The van der Waals surface area contributed by atoms with E-state index in [9.17, 15) is 22.8 Å². The summed E-state index contributed by atoms with van der Waals surface area (Å²) < 4.78 is 42.1. The van der Waals surface area contributed by atoms with Crippen LogP contribution in [0.2, 0.25) is 0 Å². The summed E-state index contributed by atoms with van der Waals surface area (Å²) in [4.78, 5) is 26.4. The van der Waals surface area contributed by atoms with Crippen LogP contribution in [0.15, 0.2) is 10.6 Å². The molecule has 8 nitrogen and oxygen atoms in total. The number of fused-ring (bicyclic) bond motifs is 1. The van der Waals surface area contributed by atoms with Crippen LogP contribution in [0, 0.1) is 0 Å². The minimum atomic E-state index is -4.47. The van der Waals surface area contributed by atoms with E-state index in [1.807, 2.05) is 0 Å². The standard InChI is InChI=1S/C19H22F3N5O3/c20-19(21,22)10-23-17(28)14-9-13(24-25-14)11-5-7-27(8-6-11)18(29)16-12-3-1-2-4-15(12)30-26-16/h9,11H,1-8,10H2,(H,23,28)(H,24,25). The molecule has 0 spiro atoms. The van der Waals surface area contributed by atoms with E-state index in [0.29, 0.717) is 37.3 Å². The van der Waals surface area contributed by atoms with Gasteiger partial charge in [0.15, 0.2) is 5.69 Å². The molecule has 1 aliphatic heterocycles. The summed E-state index contributed by atoms with van der Waals surface area (Å²) in [6.45, 7) is -0.375. The zero-order valence-electron chi connectivity index (χ0n) is 16.2. The summed E-state index contributed by atoms with van der Waals surface area (Å²) in [7, 11) is 0. The van der Waals surface area contributed by atoms with Crippen molar-refractivity contribution in [2.24, 2.45) is 0 Å². The summed E-state index contributed by atoms with van der Waals surface area (Å²) >= 11 is 0. The first-order valence-corrected chi connectivity index (χ1v) is 9.99. The number of aromatic nitrogens is 3. The molecule has 2 aliphatic rings. The van der Waals surface area contributed by atoms with Gasteiger partial charge in [-0.05, 0) is 38.2 Å². The molecule has 0 atom stereocenters. The van der Waals surface area contributed by atoms with Crippen molar-refractivity contribution in [2.45, 2.75) is 50.6 Å². The van der Waals surface area contributed by atoms with Crippen LogP contribution in [0.5, 0.6) is 0 Å². The molecular weight excluding hydrogens is 403 g/mol. The molecule has 0 saturated carbocycles. The quantitative estimate of drug-likeness (QED) is 0.784. The van der Waals surface area contributed by atoms with Crippen molar-refractivity contribution in [1.82, 2.24) is 25.6 Å². The predicted octanol–water partition coefficient (Wildman–Crippen LogP) is 2.59. The van der Waals surface area contributed by atoms with Gasteiger partial charge in [-0.25, -0.2) is 0 Å². The predicted molar refractivity (Wildman–Crippen MR) is 98.0 cm³/mol. The smallest absolute Gasteiger partial charge is 0.360 e. The summed E-state index contributed by atoms with van der Waals surface area (Å²) in [6.07, 6.45) is 0.517. The minimum absolute atomic E-state index is 0.0388. The number of likely N-dealkylation sites (tertiary alicyclic amines) is 1. The Kier molecular flexibility index (Phi) is 5.52. The molecule has 2 aromatic heterocycles. The molecular formula is C19H22F3N5O3. The Hall–Kier alpha value is -2.85. The van der Waals surface area contributed by atoms with E-state index in [1.165, 1.54) is 6.07 Å². The van der Waals surface area contributed by atoms with Gasteiger partial charge in [0.05, 0.1) is 0 Å². The second-order valence-electron chi connectivity index (χ2n) is 7.71. The normalized spacial score (nSPS) is 17.6. The van der Waals surface area contributed by atoms with Gasteiger partial charge < -0.3 is 14.7 Å². The van der Waals surface area contributed by atoms with E-state index in [-0.39, 0.29) is 17.5 Å². The van der Waals surface area contributed by atoms with Crippen molar-refractivity contribution in [2.75, 3.05) is 19.6 Å². The van der Waals surface area contributed by atoms with Gasteiger partial charge in [0.2, 0.25) is 0 Å². The van der Waals surface area contributed by atoms with Crippen molar-refractivity contribution in [1.29, 1.82) is 0 Å². The lowest BCUT2D eigenvalue weighted by atomic mass is 9.92. The lowest BCUT2D eigenvalue weighted by Crippen LogP contribution is -2.38. The molecule has 2 aromatic rings. The molecule has 11 heteroatoms. The maximum absolute atomic E-state index is 12.9. The number of hydrogen-bond donors (Lipinski definition) is 2. The van der Waals surface area contributed by atoms with Crippen LogP contribution in [-0.4, -0.2) is 57.9 Å². The van der Waals surface area contributed by atoms with E-state index < -0.39 is 18.6 Å². The van der Waals surface area contributed by atoms with Crippen molar-refractivity contribution in [3.05, 3.63) is 34.5 Å². The molecule has 1 aliphatic carbocycles. The number of nitrogens with one attached hydrogen (secondary N) is 2. The maximum atomic E-state index is 12.9. The molecule has 1 saturated heterocycles. The van der Waals surface area contributed by atoms with Crippen molar-refractivity contribution >= 4 is 11.8 Å². The monoisotopic (exact) mass is 425 g/mol. The first-order valence-electron chi connectivity index (χ1n) is 9.99. The molecule has 2 N–H and O–H groups in total. The number of aryl methyl sites for hydroxylation is 1. The third-order valence-corrected chi connectivity index (χ3v) is 5.65. The van der Waals surface area contributed by atoms with E-state index in [4.69, 9.17) is 4.52 Å². The Morgan fingerprint density at radius 3 is 2.70 bits per heavy atom. The SMILES string of the molecule is O=C(NCC(F)(F)F)c1cc(C2CCN(C(=O)c3noc4c3CCCC4)CC2)[nH]n1. The number of hydrogen-bond acceptors (Lipinski definition) is 5. The number of piperidine rings is 1. The Morgan fingerprint density at radius 2 is 1.97 bits per heavy atom. The molecule has 2 amide bonds. The number of amides is 2. The first-order chi connectivity index (χ1) is 14.3. The van der Waals surface area contributed by atoms with Gasteiger partial charge >= 0.3 is 6.18 Å². The topological polar surface area (TPSA) is 104 Å². The second-order valence-corrected chi connectivity index (χ2v) is 7.71. The van der Waals surface area contributed by atoms with Crippen LogP contribution in [0.3, 0.4) is 0 Å². The van der Waals surface area contributed by atoms with Crippen LogP contribution < -0.4 is 5.32 Å².